The van der Waals surface area contributed by atoms with Crippen LogP contribution in [0.15, 0.2) is 97.1 Å². The third-order valence-corrected chi connectivity index (χ3v) is 18.7. The molecular weight excluding hydrogens is 1440 g/mol. The molecule has 19 N–H and O–H groups in total. The lowest BCUT2D eigenvalue weighted by Gasteiger charge is -2.36. The molecule has 0 aromatic heterocycles. The number of hydrogen-bond donors (Lipinski definition) is 17. The summed E-state index contributed by atoms with van der Waals surface area (Å²) in [6, 6.07) is 6.50. The molecule has 0 bridgehead atoms. The van der Waals surface area contributed by atoms with Crippen LogP contribution in [0.3, 0.4) is 0 Å². The molecule has 10 atom stereocenters. The predicted octanol–water partition coefficient (Wildman–Crippen LogP) is -0.145. The number of esters is 1. The van der Waals surface area contributed by atoms with E-state index in [0.29, 0.717) is 40.8 Å². The number of carboxylic acids is 2. The number of phenolic OH excluding ortho intramolecular Hbond substituents is 2. The molecule has 4 aliphatic heterocycles. The van der Waals surface area contributed by atoms with Crippen LogP contribution < -0.4 is 74.7 Å². The molecule has 109 heavy (non-hydrogen) atoms. The molecule has 0 unspecified atom stereocenters. The SMILES string of the molecule is CC(=O)N[C@H](C(=O)N1CCC[C@H]1C(=O)N[C@H]1CC/C=C/C[C@@H](C(=O)N[C@@H](CC(=O)O)C(=O)N[C@@H](C)C(=O)N[C@@H](CC(=O)O)C(=O)N[C@@H](CCCCNC(=S)Nc2ccc3c(c2)C(=O)OC32c3ccc(O)cc3Oc3cc(O)ccc32)C(N)=O)NC(=O)[C@H](Cc2ccccc2)NC(=O)[C@H](CCC(N)=O)NC1=O)C(C)C. The minimum absolute atomic E-state index is 0.0419. The molecule has 4 aromatic carbocycles. The van der Waals surface area contributed by atoms with Gasteiger partial charge in [-0.1, -0.05) is 62.4 Å². The summed E-state index contributed by atoms with van der Waals surface area (Å²) in [5.74, 6) is -15.4. The Bertz CT molecular complexity index is 4180. The van der Waals surface area contributed by atoms with Crippen molar-refractivity contribution in [1.82, 2.24) is 58.1 Å². The number of thiocarbonyl (C=S) groups is 1. The number of ether oxygens (including phenoxy) is 2. The van der Waals surface area contributed by atoms with E-state index in [0.717, 1.165) is 6.92 Å². The van der Waals surface area contributed by atoms with Crippen LogP contribution in [0.1, 0.15) is 137 Å². The molecular formula is C73H88N14O21S. The number of aromatic hydroxyl groups is 2. The minimum atomic E-state index is -2.01. The summed E-state index contributed by atoms with van der Waals surface area (Å²) < 4.78 is 12.1. The standard InChI is InChI=1S/C73H88N14O21S/c1-36(2)60(78-38(4)88)70(105)87-29-13-19-54(87)69(104)83-49-18-10-6-9-17-48(81-67(102)51(30-39-14-7-5-8-15-39)85-65(100)50(82-63(49)98)26-27-57(74)91)64(99)86-52(34-58(92)93)66(101)77-37(3)62(97)84-53(35-59(94)95)68(103)80-47(61(75)96)16-11-12-28-76-72(109)79-40-20-23-44-43(31-40)71(106)108-73(44)45-24-21-41(89)32-55(45)107-56-33-42(90)22-25-46(56)73/h5-9,14-15,20-25,31-33,36-37,47-54,60,89-90H,10-13,16-19,26-30,34-35H2,1-4H3,(H2,74,91)(H2,75,96)(H,77,101)(H,78,88)(H,80,103)(H,81,102)(H,82,98)(H,83,104)(H,84,97)(H,85,100)(H,86,99)(H,92,93)(H,94,95)(H2,76,79,109)/b9-6+/t37-,47-,48-,49-,50-,51-,52-,53-,54-,60-/m0/s1. The fourth-order valence-electron chi connectivity index (χ4n) is 12.9. The molecule has 1 fully saturated rings. The van der Waals surface area contributed by atoms with Gasteiger partial charge < -0.3 is 105 Å². The molecule has 8 rings (SSSR count). The van der Waals surface area contributed by atoms with Crippen LogP contribution in [-0.2, 0) is 83.9 Å². The van der Waals surface area contributed by atoms with Crippen LogP contribution in [0.4, 0.5) is 5.69 Å². The second kappa shape index (κ2) is 37.3. The minimum Gasteiger partial charge on any atom is -0.508 e. The maximum atomic E-state index is 14.5. The Labute approximate surface area is 629 Å². The Morgan fingerprint density at radius 3 is 1.92 bits per heavy atom. The molecule has 0 saturated carbocycles. The first-order valence-corrected chi connectivity index (χ1v) is 35.6. The zero-order valence-electron chi connectivity index (χ0n) is 59.9. The number of fused-ring (bicyclic) bond motifs is 6. The number of amides is 12. The van der Waals surface area contributed by atoms with E-state index in [4.69, 9.17) is 33.2 Å². The van der Waals surface area contributed by atoms with Gasteiger partial charge in [-0.3, -0.25) is 67.1 Å². The van der Waals surface area contributed by atoms with Crippen LogP contribution in [0.5, 0.6) is 23.0 Å². The largest absolute Gasteiger partial charge is 0.508 e. The van der Waals surface area contributed by atoms with Crippen LogP contribution in [-0.4, -0.2) is 193 Å². The number of rotatable bonds is 29. The summed E-state index contributed by atoms with van der Waals surface area (Å²) in [5, 5.41) is 68.6. The molecule has 0 aliphatic carbocycles. The van der Waals surface area contributed by atoms with Crippen LogP contribution in [0.25, 0.3) is 0 Å². The van der Waals surface area contributed by atoms with Crippen molar-refractivity contribution in [3.63, 3.8) is 0 Å². The van der Waals surface area contributed by atoms with Crippen molar-refractivity contribution < 1.29 is 102 Å². The maximum Gasteiger partial charge on any atom is 0.340 e. The number of carbonyl (C=O) groups is 15. The Hall–Kier alpha value is -12.2. The molecule has 4 aliphatic rings. The molecule has 1 spiro atoms. The number of carboxylic acid groups (broad SMARTS) is 2. The van der Waals surface area contributed by atoms with Crippen LogP contribution in [0.2, 0.25) is 0 Å². The third kappa shape index (κ3) is 21.7. The average molecular weight is 1530 g/mol. The van der Waals surface area contributed by atoms with E-state index in [9.17, 15) is 92.3 Å². The van der Waals surface area contributed by atoms with Gasteiger partial charge in [0.1, 0.15) is 83.4 Å². The van der Waals surface area contributed by atoms with Crippen molar-refractivity contribution in [2.45, 2.75) is 177 Å². The van der Waals surface area contributed by atoms with Gasteiger partial charge >= 0.3 is 17.9 Å². The third-order valence-electron chi connectivity index (χ3n) is 18.5. The number of nitrogens with one attached hydrogen (secondary N) is 11. The second-order valence-electron chi connectivity index (χ2n) is 27.0. The molecule has 4 heterocycles. The average Bonchev–Trinajstić information content (AvgIpc) is 1.59. The van der Waals surface area contributed by atoms with Crippen LogP contribution in [0, 0.1) is 5.92 Å². The van der Waals surface area contributed by atoms with Gasteiger partial charge in [-0.15, -0.1) is 0 Å². The van der Waals surface area contributed by atoms with E-state index in [1.54, 1.807) is 68.4 Å². The summed E-state index contributed by atoms with van der Waals surface area (Å²) in [7, 11) is 0. The van der Waals surface area contributed by atoms with Gasteiger partial charge in [-0.05, 0) is 125 Å². The first kappa shape index (κ1) is 82.4. The van der Waals surface area contributed by atoms with E-state index in [2.05, 4.69) is 58.5 Å². The number of unbranched alkanes of at least 4 members (excludes halogenated alkanes) is 1. The maximum absolute atomic E-state index is 14.5. The van der Waals surface area contributed by atoms with Gasteiger partial charge in [-0.25, -0.2) is 4.79 Å². The fraction of sp³-hybridized carbons (Fsp3) is 0.425. The summed E-state index contributed by atoms with van der Waals surface area (Å²) in [6.45, 7) is 6.13. The number of nitrogens with zero attached hydrogens (tertiary/aromatic N) is 1. The highest BCUT2D eigenvalue weighted by molar-refractivity contribution is 7.80. The molecule has 36 heteroatoms. The molecule has 0 radical (unpaired) electrons. The molecule has 1 saturated heterocycles. The highest BCUT2D eigenvalue weighted by atomic mass is 32.1. The van der Waals surface area contributed by atoms with Crippen molar-refractivity contribution >= 4 is 112 Å². The van der Waals surface area contributed by atoms with E-state index >= 15 is 0 Å². The van der Waals surface area contributed by atoms with Crippen molar-refractivity contribution in [3.8, 4) is 23.0 Å². The number of primary amides is 2. The quantitative estimate of drug-likeness (QED) is 0.0146. The number of allylic oxidation sites excluding steroid dienone is 1. The van der Waals surface area contributed by atoms with Gasteiger partial charge in [-0.2, -0.15) is 0 Å². The zero-order chi connectivity index (χ0) is 79.6. The number of nitrogens with two attached hydrogens (primary N) is 2. The first-order valence-electron chi connectivity index (χ1n) is 35.2. The lowest BCUT2D eigenvalue weighted by atomic mass is 9.77. The van der Waals surface area contributed by atoms with Gasteiger partial charge in [0, 0.05) is 67.4 Å². The van der Waals surface area contributed by atoms with Gasteiger partial charge in [0.15, 0.2) is 10.7 Å². The topological polar surface area (TPSA) is 543 Å². The lowest BCUT2D eigenvalue weighted by Crippen LogP contribution is -2.60. The van der Waals surface area contributed by atoms with Crippen molar-refractivity contribution in [1.29, 1.82) is 0 Å². The van der Waals surface area contributed by atoms with Crippen LogP contribution >= 0.6 is 12.2 Å². The number of hydrogen-bond acceptors (Lipinski definition) is 20. The monoisotopic (exact) mass is 1530 g/mol. The number of benzene rings is 4. The molecule has 582 valence electrons. The summed E-state index contributed by atoms with van der Waals surface area (Å²) >= 11 is 5.52. The molecule has 35 nitrogen and oxygen atoms in total. The van der Waals surface area contributed by atoms with E-state index in [1.165, 1.54) is 54.3 Å². The zero-order valence-corrected chi connectivity index (χ0v) is 60.8. The summed E-state index contributed by atoms with van der Waals surface area (Å²) in [4.78, 5) is 203. The Kier molecular flexibility index (Phi) is 28.2. The lowest BCUT2D eigenvalue weighted by molar-refractivity contribution is -0.143. The van der Waals surface area contributed by atoms with E-state index in [-0.39, 0.29) is 91.2 Å². The van der Waals surface area contributed by atoms with Gasteiger partial charge in [0.2, 0.25) is 70.9 Å². The van der Waals surface area contributed by atoms with Crippen molar-refractivity contribution in [2.75, 3.05) is 18.4 Å². The number of anilines is 1. The number of phenols is 2. The molecule has 12 amide bonds. The second-order valence-corrected chi connectivity index (χ2v) is 27.4. The fourth-order valence-corrected chi connectivity index (χ4v) is 13.2. The Balaban J connectivity index is 0.893. The number of carbonyl (C=O) groups excluding carboxylic acids is 13. The van der Waals surface area contributed by atoms with E-state index in [1.807, 2.05) is 0 Å². The van der Waals surface area contributed by atoms with Crippen molar-refractivity contribution in [3.05, 3.63) is 125 Å². The Morgan fingerprint density at radius 1 is 0.679 bits per heavy atom. The predicted molar refractivity (Wildman–Crippen MR) is 390 cm³/mol. The van der Waals surface area contributed by atoms with Crippen molar-refractivity contribution in [2.24, 2.45) is 17.4 Å². The first-order chi connectivity index (χ1) is 51.7. The highest BCUT2D eigenvalue weighted by Gasteiger charge is 2.54. The summed E-state index contributed by atoms with van der Waals surface area (Å²) in [6.07, 6.45) is 0.0252. The number of likely N-dealkylation sites (tertiary alicyclic amines) is 1. The van der Waals surface area contributed by atoms with Gasteiger partial charge in [0.05, 0.1) is 18.4 Å². The van der Waals surface area contributed by atoms with E-state index < -0.39 is 187 Å². The normalized spacial score (nSPS) is 19.6. The number of aliphatic carboxylic acids is 2. The van der Waals surface area contributed by atoms with Gasteiger partial charge in [0.25, 0.3) is 0 Å². The highest BCUT2D eigenvalue weighted by Crippen LogP contribution is 2.57. The smallest absolute Gasteiger partial charge is 0.340 e. The summed E-state index contributed by atoms with van der Waals surface area (Å²) in [5.41, 5.74) is 12.0. The Morgan fingerprint density at radius 2 is 1.29 bits per heavy atom. The molecule has 4 aromatic rings.